The highest BCUT2D eigenvalue weighted by molar-refractivity contribution is 9.10. The zero-order valence-corrected chi connectivity index (χ0v) is 10.2. The lowest BCUT2D eigenvalue weighted by Crippen LogP contribution is -2.40. The Morgan fingerprint density at radius 2 is 1.73 bits per heavy atom. The van der Waals surface area contributed by atoms with Crippen LogP contribution in [0.25, 0.3) is 0 Å². The van der Waals surface area contributed by atoms with Gasteiger partial charge in [-0.05, 0) is 34.8 Å². The Labute approximate surface area is 96.2 Å². The zero-order valence-electron chi connectivity index (χ0n) is 8.60. The van der Waals surface area contributed by atoms with Crippen LogP contribution in [0.1, 0.15) is 24.5 Å². The fourth-order valence-corrected chi connectivity index (χ4v) is 1.91. The van der Waals surface area contributed by atoms with Crippen LogP contribution >= 0.6 is 15.9 Å². The van der Waals surface area contributed by atoms with Crippen molar-refractivity contribution in [2.45, 2.75) is 30.7 Å². The lowest BCUT2D eigenvalue weighted by molar-refractivity contribution is -0.124. The maximum atomic E-state index is 13.2. The molecule has 1 aromatic rings. The second-order valence-electron chi connectivity index (χ2n) is 3.58. The van der Waals surface area contributed by atoms with E-state index in [0.29, 0.717) is 0 Å². The van der Waals surface area contributed by atoms with Gasteiger partial charge in [0.05, 0.1) is 0 Å². The molecule has 4 heteroatoms. The van der Waals surface area contributed by atoms with E-state index in [9.17, 15) is 13.9 Å². The monoisotopic (exact) mass is 278 g/mol. The Morgan fingerprint density at radius 1 is 1.27 bits per heavy atom. The smallest absolute Gasteiger partial charge is 0.333 e. The molecule has 0 heterocycles. The van der Waals surface area contributed by atoms with E-state index in [4.69, 9.17) is 0 Å². The van der Waals surface area contributed by atoms with Crippen LogP contribution in [0.2, 0.25) is 0 Å². The normalized spacial score (nSPS) is 16.1. The summed E-state index contributed by atoms with van der Waals surface area (Å²) in [5.74, 6) is 0. The van der Waals surface area contributed by atoms with Gasteiger partial charge in [0.1, 0.15) is 0 Å². The molecular weight excluding hydrogens is 266 g/mol. The quantitative estimate of drug-likeness (QED) is 0.838. The minimum absolute atomic E-state index is 0.0612. The molecule has 1 N–H and O–H groups in total. The second kappa shape index (κ2) is 4.18. The van der Waals surface area contributed by atoms with Gasteiger partial charge in [-0.2, -0.15) is 8.78 Å². The van der Waals surface area contributed by atoms with Crippen LogP contribution in [0.15, 0.2) is 24.3 Å². The summed E-state index contributed by atoms with van der Waals surface area (Å²) in [5, 5.41) is 9.92. The zero-order chi connectivity index (χ0) is 11.7. The molecule has 0 aliphatic rings. The molecule has 84 valence electrons. The number of benzene rings is 1. The Hall–Kier alpha value is -0.480. The Balaban J connectivity index is 3.18. The highest BCUT2D eigenvalue weighted by Gasteiger charge is 2.50. The summed E-state index contributed by atoms with van der Waals surface area (Å²) >= 11 is 2.23. The molecule has 0 bridgehead atoms. The maximum absolute atomic E-state index is 13.2. The number of aliphatic hydroxyl groups is 1. The lowest BCUT2D eigenvalue weighted by Gasteiger charge is -2.31. The molecule has 0 radical (unpaired) electrons. The number of rotatable bonds is 3. The van der Waals surface area contributed by atoms with Crippen molar-refractivity contribution in [2.75, 3.05) is 0 Å². The van der Waals surface area contributed by atoms with Crippen LogP contribution in [0.5, 0.6) is 0 Å². The van der Waals surface area contributed by atoms with E-state index in [-0.39, 0.29) is 12.0 Å². The van der Waals surface area contributed by atoms with E-state index in [1.165, 1.54) is 19.1 Å². The van der Waals surface area contributed by atoms with Crippen molar-refractivity contribution in [3.05, 3.63) is 35.4 Å². The fourth-order valence-electron chi connectivity index (χ4n) is 1.40. The molecule has 1 atom stereocenters. The number of hydrogen-bond donors (Lipinski definition) is 1. The van der Waals surface area contributed by atoms with Crippen molar-refractivity contribution in [3.8, 4) is 0 Å². The first kappa shape index (κ1) is 12.6. The molecule has 0 saturated carbocycles. The van der Waals surface area contributed by atoms with Crippen LogP contribution in [-0.4, -0.2) is 9.94 Å². The van der Waals surface area contributed by atoms with Crippen molar-refractivity contribution in [1.82, 2.24) is 0 Å². The number of hydrogen-bond acceptors (Lipinski definition) is 1. The minimum atomic E-state index is -3.33. The topological polar surface area (TPSA) is 20.2 Å². The van der Waals surface area contributed by atoms with Gasteiger partial charge in [-0.15, -0.1) is 0 Å². The van der Waals surface area contributed by atoms with Gasteiger partial charge in [0.25, 0.3) is 0 Å². The molecule has 0 saturated heterocycles. The van der Waals surface area contributed by atoms with E-state index < -0.39 is 10.4 Å². The van der Waals surface area contributed by atoms with Gasteiger partial charge in [0.15, 0.2) is 5.60 Å². The van der Waals surface area contributed by atoms with Crippen molar-refractivity contribution in [1.29, 1.82) is 0 Å². The number of halogens is 3. The first-order chi connectivity index (χ1) is 6.81. The molecule has 1 nitrogen and oxygen atoms in total. The highest BCUT2D eigenvalue weighted by Crippen LogP contribution is 2.44. The predicted molar refractivity (Wildman–Crippen MR) is 59.2 cm³/mol. The van der Waals surface area contributed by atoms with Gasteiger partial charge in [-0.25, -0.2) is 0 Å². The largest absolute Gasteiger partial charge is 0.378 e. The molecule has 0 aliphatic heterocycles. The minimum Gasteiger partial charge on any atom is -0.378 e. The summed E-state index contributed by atoms with van der Waals surface area (Å²) in [7, 11) is 0. The molecule has 1 rings (SSSR count). The molecular formula is C11H13BrF2O. The summed E-state index contributed by atoms with van der Waals surface area (Å²) < 4.78 is 26.4. The highest BCUT2D eigenvalue weighted by atomic mass is 79.9. The molecule has 0 aliphatic carbocycles. The maximum Gasteiger partial charge on any atom is 0.333 e. The van der Waals surface area contributed by atoms with Crippen LogP contribution in [0.4, 0.5) is 8.78 Å². The molecule has 0 amide bonds. The second-order valence-corrected chi connectivity index (χ2v) is 4.57. The van der Waals surface area contributed by atoms with Crippen LogP contribution in [-0.2, 0) is 5.60 Å². The summed E-state index contributed by atoms with van der Waals surface area (Å²) in [6, 6.07) is 6.45. The van der Waals surface area contributed by atoms with E-state index in [1.54, 1.807) is 12.1 Å². The Bertz CT molecular complexity index is 331. The fraction of sp³-hybridized carbons (Fsp3) is 0.455. The first-order valence-corrected chi connectivity index (χ1v) is 5.47. The molecule has 0 spiro atoms. The van der Waals surface area contributed by atoms with Gasteiger partial charge in [0.2, 0.25) is 0 Å². The summed E-state index contributed by atoms with van der Waals surface area (Å²) in [6.45, 7) is 3.39. The van der Waals surface area contributed by atoms with Crippen molar-refractivity contribution >= 4 is 15.9 Å². The number of alkyl halides is 3. The van der Waals surface area contributed by atoms with Gasteiger partial charge in [0, 0.05) is 0 Å². The lowest BCUT2D eigenvalue weighted by atomic mass is 9.91. The van der Waals surface area contributed by atoms with Crippen LogP contribution in [0.3, 0.4) is 0 Å². The summed E-state index contributed by atoms with van der Waals surface area (Å²) in [4.78, 5) is -3.33. The predicted octanol–water partition coefficient (Wildman–Crippen LogP) is 3.58. The third-order valence-electron chi connectivity index (χ3n) is 2.51. The van der Waals surface area contributed by atoms with E-state index in [1.807, 2.05) is 6.92 Å². The third-order valence-corrected chi connectivity index (χ3v) is 3.17. The molecule has 1 unspecified atom stereocenters. The molecule has 0 fully saturated rings. The number of aryl methyl sites for hydroxylation is 1. The van der Waals surface area contributed by atoms with Crippen LogP contribution in [0, 0.1) is 6.92 Å². The average molecular weight is 279 g/mol. The van der Waals surface area contributed by atoms with E-state index in [2.05, 4.69) is 15.9 Å². The third kappa shape index (κ3) is 2.37. The molecule has 1 aromatic carbocycles. The summed E-state index contributed by atoms with van der Waals surface area (Å²) in [5.41, 5.74) is -0.965. The van der Waals surface area contributed by atoms with E-state index >= 15 is 0 Å². The Kier molecular flexibility index (Phi) is 3.51. The van der Waals surface area contributed by atoms with Gasteiger partial charge < -0.3 is 5.11 Å². The Morgan fingerprint density at radius 3 is 2.07 bits per heavy atom. The first-order valence-electron chi connectivity index (χ1n) is 4.67. The molecule has 15 heavy (non-hydrogen) atoms. The van der Waals surface area contributed by atoms with Crippen molar-refractivity contribution in [3.63, 3.8) is 0 Å². The molecule has 0 aromatic heterocycles. The SMILES string of the molecule is CCC(O)(c1ccc(C)cc1)C(F)(F)Br. The van der Waals surface area contributed by atoms with Crippen LogP contribution < -0.4 is 0 Å². The van der Waals surface area contributed by atoms with Gasteiger partial charge in [-0.1, -0.05) is 36.8 Å². The van der Waals surface area contributed by atoms with Crippen molar-refractivity contribution in [2.24, 2.45) is 0 Å². The van der Waals surface area contributed by atoms with Crippen molar-refractivity contribution < 1.29 is 13.9 Å². The van der Waals surface area contributed by atoms with E-state index in [0.717, 1.165) is 5.56 Å². The average Bonchev–Trinajstić information content (AvgIpc) is 2.16. The van der Waals surface area contributed by atoms with Gasteiger partial charge >= 0.3 is 4.83 Å². The standard InChI is InChI=1S/C11H13BrF2O/c1-3-10(15,11(12,13)14)9-6-4-8(2)5-7-9/h4-7,15H,3H2,1-2H3. The van der Waals surface area contributed by atoms with Gasteiger partial charge in [-0.3, -0.25) is 0 Å². The summed E-state index contributed by atoms with van der Waals surface area (Å²) in [6.07, 6.45) is -0.0612.